The Kier molecular flexibility index (Phi) is 13.3. The van der Waals surface area contributed by atoms with Gasteiger partial charge in [0.2, 0.25) is 34.8 Å². The van der Waals surface area contributed by atoms with Crippen LogP contribution in [-0.4, -0.2) is 50.3 Å². The number of hydrogen-bond acceptors (Lipinski definition) is 10. The fraction of sp³-hybridized carbons (Fsp3) is 0.235. The Balaban J connectivity index is 1.57. The van der Waals surface area contributed by atoms with Gasteiger partial charge < -0.3 is 28.4 Å². The van der Waals surface area contributed by atoms with E-state index in [4.69, 9.17) is 18.9 Å². The first kappa shape index (κ1) is 36.8. The molecule has 0 heterocycles. The molecule has 10 nitrogen and oxygen atoms in total. The maximum atomic E-state index is 14.7. The second-order valence-electron chi connectivity index (χ2n) is 9.98. The second kappa shape index (κ2) is 17.3. The molecule has 0 aliphatic rings. The zero-order chi connectivity index (χ0) is 35.4. The summed E-state index contributed by atoms with van der Waals surface area (Å²) < 4.78 is 88.9. The van der Waals surface area contributed by atoms with Crippen LogP contribution in [0.1, 0.15) is 47.4 Å². The largest absolute Gasteiger partial charge is 0.493 e. The molecule has 0 saturated heterocycles. The first-order valence-electron chi connectivity index (χ1n) is 14.2. The fourth-order valence-electron chi connectivity index (χ4n) is 3.52. The maximum Gasteiger partial charge on any atom is 0.343 e. The standard InChI is InChI=1S/C34H30F4O10/c1-19(2)31(39)45-17-5-15-43-23-11-7-21(8-12-23)33(41)47-29-25(35)27(37)30(28(38)26(29)36)48-34(42)22-9-13-24(14-10-22)44-16-6-18-46-32(40)20(3)4/h7-14H,1,3,5-6,15-18H2,2,4H3. The van der Waals surface area contributed by atoms with E-state index in [0.29, 0.717) is 24.3 Å². The van der Waals surface area contributed by atoms with Crippen molar-refractivity contribution in [1.82, 2.24) is 0 Å². The van der Waals surface area contributed by atoms with Crippen LogP contribution >= 0.6 is 0 Å². The maximum absolute atomic E-state index is 14.7. The van der Waals surface area contributed by atoms with Crippen molar-refractivity contribution in [2.24, 2.45) is 0 Å². The monoisotopic (exact) mass is 674 g/mol. The highest BCUT2D eigenvalue weighted by Gasteiger charge is 2.31. The van der Waals surface area contributed by atoms with Crippen molar-refractivity contribution in [3.63, 3.8) is 0 Å². The van der Waals surface area contributed by atoms with E-state index in [1.54, 1.807) is 0 Å². The number of ether oxygens (including phenoxy) is 6. The molecule has 254 valence electrons. The van der Waals surface area contributed by atoms with Crippen LogP contribution in [0.15, 0.2) is 72.8 Å². The Bertz CT molecular complexity index is 1530. The topological polar surface area (TPSA) is 124 Å². The van der Waals surface area contributed by atoms with Crippen LogP contribution in [-0.2, 0) is 19.1 Å². The van der Waals surface area contributed by atoms with E-state index >= 15 is 0 Å². The van der Waals surface area contributed by atoms with Crippen molar-refractivity contribution in [3.8, 4) is 23.0 Å². The number of carbonyl (C=O) groups is 4. The number of hydrogen-bond donors (Lipinski definition) is 0. The van der Waals surface area contributed by atoms with Gasteiger partial charge >= 0.3 is 23.9 Å². The smallest absolute Gasteiger partial charge is 0.343 e. The highest BCUT2D eigenvalue weighted by atomic mass is 19.2. The SMILES string of the molecule is C=C(C)C(=O)OCCCOc1ccc(C(=O)Oc2c(F)c(F)c(OC(=O)c3ccc(OCCCOC(=O)C(=C)C)cc3)c(F)c2F)cc1. The van der Waals surface area contributed by atoms with E-state index in [1.807, 2.05) is 0 Å². The molecule has 0 amide bonds. The lowest BCUT2D eigenvalue weighted by atomic mass is 10.2. The molecular formula is C34H30F4O10. The van der Waals surface area contributed by atoms with Gasteiger partial charge in [-0.1, -0.05) is 13.2 Å². The van der Waals surface area contributed by atoms with E-state index in [-0.39, 0.29) is 48.7 Å². The fourth-order valence-corrected chi connectivity index (χ4v) is 3.52. The van der Waals surface area contributed by atoms with Crippen LogP contribution in [0.2, 0.25) is 0 Å². The van der Waals surface area contributed by atoms with Crippen molar-refractivity contribution in [3.05, 3.63) is 107 Å². The van der Waals surface area contributed by atoms with E-state index in [0.717, 1.165) is 0 Å². The summed E-state index contributed by atoms with van der Waals surface area (Å²) in [6, 6.07) is 10.0. The van der Waals surface area contributed by atoms with Crippen LogP contribution < -0.4 is 18.9 Å². The summed E-state index contributed by atoms with van der Waals surface area (Å²) in [4.78, 5) is 47.6. The summed E-state index contributed by atoms with van der Waals surface area (Å²) in [7, 11) is 0. The molecule has 3 rings (SSSR count). The second-order valence-corrected chi connectivity index (χ2v) is 9.98. The Morgan fingerprint density at radius 2 is 0.854 bits per heavy atom. The molecule has 0 aliphatic carbocycles. The van der Waals surface area contributed by atoms with Gasteiger partial charge in [-0.25, -0.2) is 19.2 Å². The van der Waals surface area contributed by atoms with Crippen LogP contribution in [0.3, 0.4) is 0 Å². The normalized spacial score (nSPS) is 10.5. The summed E-state index contributed by atoms with van der Waals surface area (Å²) in [5, 5.41) is 0. The minimum atomic E-state index is -2.12. The van der Waals surface area contributed by atoms with Gasteiger partial charge in [0.05, 0.1) is 37.6 Å². The minimum absolute atomic E-state index is 0.0843. The third-order valence-corrected chi connectivity index (χ3v) is 6.03. The lowest BCUT2D eigenvalue weighted by molar-refractivity contribution is -0.140. The molecule has 3 aromatic carbocycles. The number of rotatable bonds is 16. The Morgan fingerprint density at radius 1 is 0.542 bits per heavy atom. The van der Waals surface area contributed by atoms with Crippen LogP contribution in [0.4, 0.5) is 17.6 Å². The summed E-state index contributed by atoms with van der Waals surface area (Å²) >= 11 is 0. The summed E-state index contributed by atoms with van der Waals surface area (Å²) in [6.45, 7) is 10.4. The van der Waals surface area contributed by atoms with Gasteiger partial charge in [0, 0.05) is 24.0 Å². The summed E-state index contributed by atoms with van der Waals surface area (Å²) in [5.74, 6) is -15.0. The summed E-state index contributed by atoms with van der Waals surface area (Å²) in [6.07, 6.45) is 0.702. The molecule has 14 heteroatoms. The molecule has 0 aromatic heterocycles. The number of esters is 4. The molecule has 0 aliphatic heterocycles. The zero-order valence-corrected chi connectivity index (χ0v) is 25.9. The molecule has 48 heavy (non-hydrogen) atoms. The van der Waals surface area contributed by atoms with E-state index < -0.39 is 58.6 Å². The predicted molar refractivity (Wildman–Crippen MR) is 161 cm³/mol. The summed E-state index contributed by atoms with van der Waals surface area (Å²) in [5.41, 5.74) is 0.0182. The number of halogens is 4. The number of carbonyl (C=O) groups excluding carboxylic acids is 4. The lowest BCUT2D eigenvalue weighted by Gasteiger charge is -2.13. The lowest BCUT2D eigenvalue weighted by Crippen LogP contribution is -2.16. The van der Waals surface area contributed by atoms with Crippen molar-refractivity contribution in [1.29, 1.82) is 0 Å². The van der Waals surface area contributed by atoms with Crippen molar-refractivity contribution < 1.29 is 65.2 Å². The van der Waals surface area contributed by atoms with Gasteiger partial charge in [-0.15, -0.1) is 0 Å². The minimum Gasteiger partial charge on any atom is -0.493 e. The third-order valence-electron chi connectivity index (χ3n) is 6.03. The Hall–Kier alpha value is -5.66. The average molecular weight is 675 g/mol. The molecule has 0 bridgehead atoms. The van der Waals surface area contributed by atoms with E-state index in [2.05, 4.69) is 22.6 Å². The van der Waals surface area contributed by atoms with Gasteiger partial charge in [-0.2, -0.15) is 17.6 Å². The van der Waals surface area contributed by atoms with Crippen LogP contribution in [0, 0.1) is 23.3 Å². The molecule has 3 aromatic rings. The predicted octanol–water partition coefficient (Wildman–Crippen LogP) is 6.46. The first-order chi connectivity index (χ1) is 22.8. The first-order valence-corrected chi connectivity index (χ1v) is 14.2. The van der Waals surface area contributed by atoms with E-state index in [1.165, 1.54) is 62.4 Å². The van der Waals surface area contributed by atoms with Crippen molar-refractivity contribution in [2.45, 2.75) is 26.7 Å². The van der Waals surface area contributed by atoms with Gasteiger partial charge in [0.25, 0.3) is 0 Å². The third kappa shape index (κ3) is 10.2. The molecule has 0 radical (unpaired) electrons. The van der Waals surface area contributed by atoms with Gasteiger partial charge in [0.15, 0.2) is 0 Å². The van der Waals surface area contributed by atoms with Crippen LogP contribution in [0.5, 0.6) is 23.0 Å². The number of benzene rings is 3. The molecule has 0 fully saturated rings. The van der Waals surface area contributed by atoms with E-state index in [9.17, 15) is 36.7 Å². The van der Waals surface area contributed by atoms with Crippen LogP contribution in [0.25, 0.3) is 0 Å². The van der Waals surface area contributed by atoms with Gasteiger partial charge in [-0.05, 0) is 62.4 Å². The average Bonchev–Trinajstić information content (AvgIpc) is 3.07. The Labute approximate surface area is 272 Å². The molecule has 0 spiro atoms. The zero-order valence-electron chi connectivity index (χ0n) is 25.9. The molecule has 0 unspecified atom stereocenters. The Morgan fingerprint density at radius 3 is 1.15 bits per heavy atom. The van der Waals surface area contributed by atoms with Crippen molar-refractivity contribution >= 4 is 23.9 Å². The highest BCUT2D eigenvalue weighted by Crippen LogP contribution is 2.35. The molecule has 0 N–H and O–H groups in total. The van der Waals surface area contributed by atoms with Crippen molar-refractivity contribution in [2.75, 3.05) is 26.4 Å². The molecule has 0 saturated carbocycles. The molecular weight excluding hydrogens is 644 g/mol. The quantitative estimate of drug-likeness (QED) is 0.0418. The van der Waals surface area contributed by atoms with Gasteiger partial charge in [0.1, 0.15) is 11.5 Å². The molecule has 0 atom stereocenters. The van der Waals surface area contributed by atoms with Gasteiger partial charge in [-0.3, -0.25) is 0 Å². The highest BCUT2D eigenvalue weighted by molar-refractivity contribution is 5.92.